The van der Waals surface area contributed by atoms with Crippen molar-refractivity contribution in [1.82, 2.24) is 28.7 Å². The van der Waals surface area contributed by atoms with Crippen molar-refractivity contribution >= 4 is 96.9 Å². The molecule has 0 aliphatic rings. The van der Waals surface area contributed by atoms with Crippen molar-refractivity contribution in [1.29, 1.82) is 0 Å². The van der Waals surface area contributed by atoms with Gasteiger partial charge in [0.05, 0.1) is 33.1 Å². The quantitative estimate of drug-likeness (QED) is 0.167. The molecular weight excluding hydrogens is 873 g/mol. The summed E-state index contributed by atoms with van der Waals surface area (Å²) >= 11 is 1.79. The van der Waals surface area contributed by atoms with Crippen LogP contribution >= 0.6 is 11.3 Å². The molecule has 0 N–H and O–H groups in total. The highest BCUT2D eigenvalue weighted by Gasteiger charge is 2.25. The number of nitrogens with zero attached hydrogens (tertiary/aromatic N) is 6. The van der Waals surface area contributed by atoms with E-state index in [1.165, 1.54) is 42.8 Å². The molecule has 326 valence electrons. The molecule has 0 unspecified atom stereocenters. The van der Waals surface area contributed by atoms with Crippen LogP contribution in [0.2, 0.25) is 0 Å². The van der Waals surface area contributed by atoms with E-state index in [0.29, 0.717) is 17.6 Å². The molecule has 0 aliphatic carbocycles. The lowest BCUT2D eigenvalue weighted by atomic mass is 10.1. The first-order valence-electron chi connectivity index (χ1n) is 23.6. The zero-order valence-corrected chi connectivity index (χ0v) is 38.3. The highest BCUT2D eigenvalue weighted by atomic mass is 32.1. The molecule has 15 aromatic rings. The first-order chi connectivity index (χ1) is 34.7. The van der Waals surface area contributed by atoms with Gasteiger partial charge in [0.1, 0.15) is 0 Å². The predicted octanol–water partition coefficient (Wildman–Crippen LogP) is 16.5. The van der Waals surface area contributed by atoms with E-state index in [9.17, 15) is 0 Å². The van der Waals surface area contributed by atoms with Crippen molar-refractivity contribution in [3.05, 3.63) is 231 Å². The number of para-hydroxylation sites is 3. The van der Waals surface area contributed by atoms with Crippen LogP contribution in [-0.4, -0.2) is 28.7 Å². The normalized spacial score (nSPS) is 12.0. The van der Waals surface area contributed by atoms with Gasteiger partial charge in [0.2, 0.25) is 5.95 Å². The lowest BCUT2D eigenvalue weighted by Crippen LogP contribution is -2.07. The minimum atomic E-state index is 0.558. The van der Waals surface area contributed by atoms with E-state index in [-0.39, 0.29) is 0 Å². The minimum Gasteiger partial charge on any atom is -0.309 e. The van der Waals surface area contributed by atoms with Crippen molar-refractivity contribution in [2.45, 2.75) is 0 Å². The highest BCUT2D eigenvalue weighted by molar-refractivity contribution is 7.26. The van der Waals surface area contributed by atoms with Crippen LogP contribution in [0.4, 0.5) is 0 Å². The Kier molecular flexibility index (Phi) is 8.43. The first-order valence-corrected chi connectivity index (χ1v) is 24.4. The Hall–Kier alpha value is -9.17. The number of benzene rings is 10. The number of hydrogen-bond donors (Lipinski definition) is 0. The fraction of sp³-hybridized carbons (Fsp3) is 0. The smallest absolute Gasteiger partial charge is 0.238 e. The average Bonchev–Trinajstić information content (AvgIpc) is 4.18. The molecule has 0 atom stereocenters. The van der Waals surface area contributed by atoms with Crippen LogP contribution in [0.1, 0.15) is 0 Å². The van der Waals surface area contributed by atoms with Crippen LogP contribution in [0, 0.1) is 0 Å². The molecule has 15 rings (SSSR count). The molecule has 0 aliphatic heterocycles. The highest BCUT2D eigenvalue weighted by Crippen LogP contribution is 2.44. The van der Waals surface area contributed by atoms with Crippen molar-refractivity contribution in [3.63, 3.8) is 0 Å². The summed E-state index contributed by atoms with van der Waals surface area (Å²) in [5.74, 6) is 1.81. The van der Waals surface area contributed by atoms with E-state index in [1.54, 1.807) is 11.3 Å². The van der Waals surface area contributed by atoms with Gasteiger partial charge in [0, 0.05) is 75.0 Å². The third-order valence-electron chi connectivity index (χ3n) is 14.1. The SMILES string of the molecule is c1ccc(-c2ccc(-n3c4ccc(-n5c6ccccc6c6ccccc65)cc4c4ccc5c6ccccc6n(-c6nc(-c7ccccc7)nc(-c7cccc8c7sc7ccccc78)n6)c5c43)cc2)cc1. The number of fused-ring (bicyclic) bond motifs is 13. The number of rotatable bonds is 6. The Balaban J connectivity index is 1.06. The monoisotopic (exact) mass is 910 g/mol. The Morgan fingerprint density at radius 1 is 0.300 bits per heavy atom. The van der Waals surface area contributed by atoms with E-state index in [2.05, 4.69) is 226 Å². The van der Waals surface area contributed by atoms with Crippen molar-refractivity contribution in [2.24, 2.45) is 0 Å². The van der Waals surface area contributed by atoms with Gasteiger partial charge in [-0.1, -0.05) is 170 Å². The Bertz CT molecular complexity index is 4530. The summed E-state index contributed by atoms with van der Waals surface area (Å²) in [6, 6.07) is 82.7. The molecule has 7 heteroatoms. The van der Waals surface area contributed by atoms with Gasteiger partial charge in [-0.2, -0.15) is 9.97 Å². The third kappa shape index (κ3) is 5.76. The van der Waals surface area contributed by atoms with Gasteiger partial charge in [0.25, 0.3) is 0 Å². The Labute approximate surface area is 405 Å². The average molecular weight is 911 g/mol. The van der Waals surface area contributed by atoms with E-state index < -0.39 is 0 Å². The van der Waals surface area contributed by atoms with Gasteiger partial charge in [-0.15, -0.1) is 11.3 Å². The second kappa shape index (κ2) is 15.2. The molecule has 10 aromatic carbocycles. The zero-order chi connectivity index (χ0) is 45.9. The molecule has 6 nitrogen and oxygen atoms in total. The summed E-state index contributed by atoms with van der Waals surface area (Å²) in [5.41, 5.74) is 13.0. The molecule has 0 bridgehead atoms. The maximum Gasteiger partial charge on any atom is 0.238 e. The molecule has 5 aromatic heterocycles. The van der Waals surface area contributed by atoms with Gasteiger partial charge in [0.15, 0.2) is 11.6 Å². The molecule has 0 saturated heterocycles. The van der Waals surface area contributed by atoms with Gasteiger partial charge < -0.3 is 9.13 Å². The van der Waals surface area contributed by atoms with E-state index in [1.807, 2.05) is 18.2 Å². The molecule has 0 spiro atoms. The van der Waals surface area contributed by atoms with Crippen molar-refractivity contribution in [3.8, 4) is 51.2 Å². The van der Waals surface area contributed by atoms with E-state index in [4.69, 9.17) is 15.0 Å². The Morgan fingerprint density at radius 2 is 0.814 bits per heavy atom. The minimum absolute atomic E-state index is 0.558. The van der Waals surface area contributed by atoms with E-state index >= 15 is 0 Å². The van der Waals surface area contributed by atoms with Gasteiger partial charge in [-0.05, 0) is 71.8 Å². The number of aromatic nitrogens is 6. The van der Waals surface area contributed by atoms with Gasteiger partial charge >= 0.3 is 0 Å². The second-order valence-corrected chi connectivity index (χ2v) is 19.0. The van der Waals surface area contributed by atoms with Gasteiger partial charge in [-0.25, -0.2) is 4.98 Å². The summed E-state index contributed by atoms with van der Waals surface area (Å²) in [5, 5.41) is 9.43. The van der Waals surface area contributed by atoms with Crippen LogP contribution < -0.4 is 0 Å². The summed E-state index contributed by atoms with van der Waals surface area (Å²) < 4.78 is 9.54. The van der Waals surface area contributed by atoms with Crippen LogP contribution in [-0.2, 0) is 0 Å². The van der Waals surface area contributed by atoms with Crippen LogP contribution in [0.5, 0.6) is 0 Å². The first kappa shape index (κ1) is 38.9. The summed E-state index contributed by atoms with van der Waals surface area (Å²) in [6.07, 6.45) is 0. The fourth-order valence-electron chi connectivity index (χ4n) is 11.0. The maximum atomic E-state index is 5.54. The predicted molar refractivity (Wildman–Crippen MR) is 292 cm³/mol. The zero-order valence-electron chi connectivity index (χ0n) is 37.5. The lowest BCUT2D eigenvalue weighted by Gasteiger charge is -2.14. The molecule has 0 amide bonds. The molecule has 0 fully saturated rings. The topological polar surface area (TPSA) is 53.5 Å². The number of thiophene rings is 1. The third-order valence-corrected chi connectivity index (χ3v) is 15.3. The molecular formula is C63H38N6S. The maximum absolute atomic E-state index is 5.54. The molecule has 0 saturated carbocycles. The van der Waals surface area contributed by atoms with Crippen LogP contribution in [0.15, 0.2) is 231 Å². The Morgan fingerprint density at radius 3 is 1.53 bits per heavy atom. The summed E-state index contributed by atoms with van der Waals surface area (Å²) in [4.78, 5) is 16.3. The fourth-order valence-corrected chi connectivity index (χ4v) is 12.2. The molecule has 0 radical (unpaired) electrons. The summed E-state index contributed by atoms with van der Waals surface area (Å²) in [7, 11) is 0. The van der Waals surface area contributed by atoms with Crippen LogP contribution in [0.3, 0.4) is 0 Å². The van der Waals surface area contributed by atoms with Crippen molar-refractivity contribution < 1.29 is 0 Å². The lowest BCUT2D eigenvalue weighted by molar-refractivity contribution is 0.954. The van der Waals surface area contributed by atoms with E-state index in [0.717, 1.165) is 76.4 Å². The number of hydrogen-bond acceptors (Lipinski definition) is 4. The summed E-state index contributed by atoms with van der Waals surface area (Å²) in [6.45, 7) is 0. The largest absolute Gasteiger partial charge is 0.309 e. The molecule has 5 heterocycles. The standard InChI is InChI=1S/C63H38N6S/c1-3-16-39(17-4-1)40-30-32-42(33-31-40)68-56-37-34-43(67-53-26-11-7-20-44(53)45-21-8-12-27-54(45)67)38-52(56)49-36-35-48-46-22-9-13-28-55(46)69(59(48)58(49)68)63-65-61(41-18-5-2-6-19-41)64-62(66-63)51-25-15-24-50-47-23-10-14-29-57(47)70-60(50)51/h1-38H. The van der Waals surface area contributed by atoms with Crippen molar-refractivity contribution in [2.75, 3.05) is 0 Å². The van der Waals surface area contributed by atoms with Crippen LogP contribution in [0.25, 0.3) is 137 Å². The molecule has 70 heavy (non-hydrogen) atoms. The van der Waals surface area contributed by atoms with Gasteiger partial charge in [-0.3, -0.25) is 4.57 Å². The second-order valence-electron chi connectivity index (χ2n) is 18.0.